The van der Waals surface area contributed by atoms with Crippen LogP contribution < -0.4 is 4.74 Å². The number of hydrogen-bond acceptors (Lipinski definition) is 2. The standard InChI is InChI=1S/C20H24N2O/c1-14(2)17-7-5-6-8-20(17)23-10-9-22-13-21-18-11-15(3)16(4)12-19(18)22/h5-8,11-14H,9-10H2,1-4H3. The smallest absolute Gasteiger partial charge is 0.122 e. The van der Waals surface area contributed by atoms with Crippen molar-refractivity contribution >= 4 is 11.0 Å². The maximum Gasteiger partial charge on any atom is 0.122 e. The molecule has 0 bridgehead atoms. The molecule has 0 spiro atoms. The number of imidazole rings is 1. The van der Waals surface area contributed by atoms with Crippen LogP contribution in [0.5, 0.6) is 5.75 Å². The molecule has 3 nitrogen and oxygen atoms in total. The highest BCUT2D eigenvalue weighted by Crippen LogP contribution is 2.26. The van der Waals surface area contributed by atoms with E-state index < -0.39 is 0 Å². The second-order valence-electron chi connectivity index (χ2n) is 6.40. The van der Waals surface area contributed by atoms with Crippen molar-refractivity contribution in [2.75, 3.05) is 6.61 Å². The second kappa shape index (κ2) is 6.45. The van der Waals surface area contributed by atoms with Crippen LogP contribution in [0.1, 0.15) is 36.5 Å². The van der Waals surface area contributed by atoms with Crippen LogP contribution in [-0.2, 0) is 6.54 Å². The molecule has 0 saturated carbocycles. The molecule has 3 rings (SSSR count). The van der Waals surface area contributed by atoms with Crippen molar-refractivity contribution in [1.29, 1.82) is 0 Å². The van der Waals surface area contributed by atoms with Crippen molar-refractivity contribution in [2.24, 2.45) is 0 Å². The molecule has 0 aliphatic heterocycles. The molecule has 3 aromatic rings. The molecule has 0 atom stereocenters. The Hall–Kier alpha value is -2.29. The van der Waals surface area contributed by atoms with Gasteiger partial charge in [0, 0.05) is 0 Å². The van der Waals surface area contributed by atoms with E-state index in [2.05, 4.69) is 67.6 Å². The van der Waals surface area contributed by atoms with Gasteiger partial charge >= 0.3 is 0 Å². The maximum absolute atomic E-state index is 6.03. The van der Waals surface area contributed by atoms with Gasteiger partial charge in [-0.2, -0.15) is 0 Å². The minimum absolute atomic E-state index is 0.464. The van der Waals surface area contributed by atoms with E-state index in [1.54, 1.807) is 0 Å². The van der Waals surface area contributed by atoms with Gasteiger partial charge in [-0.15, -0.1) is 0 Å². The fraction of sp³-hybridized carbons (Fsp3) is 0.350. The minimum Gasteiger partial charge on any atom is -0.491 e. The number of hydrogen-bond donors (Lipinski definition) is 0. The van der Waals surface area contributed by atoms with Crippen LogP contribution in [0, 0.1) is 13.8 Å². The summed E-state index contributed by atoms with van der Waals surface area (Å²) in [7, 11) is 0. The molecule has 0 radical (unpaired) electrons. The van der Waals surface area contributed by atoms with E-state index in [0.29, 0.717) is 12.5 Å². The number of rotatable bonds is 5. The lowest BCUT2D eigenvalue weighted by Gasteiger charge is -2.14. The minimum atomic E-state index is 0.464. The van der Waals surface area contributed by atoms with E-state index in [9.17, 15) is 0 Å². The lowest BCUT2D eigenvalue weighted by Crippen LogP contribution is -2.08. The number of aryl methyl sites for hydroxylation is 2. The Balaban J connectivity index is 1.74. The predicted molar refractivity (Wildman–Crippen MR) is 95.2 cm³/mol. The second-order valence-corrected chi connectivity index (χ2v) is 6.40. The van der Waals surface area contributed by atoms with Crippen molar-refractivity contribution in [1.82, 2.24) is 9.55 Å². The summed E-state index contributed by atoms with van der Waals surface area (Å²) in [6, 6.07) is 12.6. The molecule has 0 N–H and O–H groups in total. The third kappa shape index (κ3) is 3.24. The molecule has 0 amide bonds. The van der Waals surface area contributed by atoms with Crippen molar-refractivity contribution in [3.05, 3.63) is 59.4 Å². The van der Waals surface area contributed by atoms with Gasteiger partial charge in [-0.3, -0.25) is 0 Å². The first kappa shape index (κ1) is 15.6. The van der Waals surface area contributed by atoms with Crippen molar-refractivity contribution in [3.63, 3.8) is 0 Å². The molecule has 2 aromatic carbocycles. The van der Waals surface area contributed by atoms with Gasteiger partial charge in [0.25, 0.3) is 0 Å². The van der Waals surface area contributed by atoms with E-state index in [1.807, 2.05) is 12.4 Å². The SMILES string of the molecule is Cc1cc2ncn(CCOc3ccccc3C(C)C)c2cc1C. The molecular formula is C20H24N2O. The van der Waals surface area contributed by atoms with E-state index in [4.69, 9.17) is 4.74 Å². The van der Waals surface area contributed by atoms with Crippen molar-refractivity contribution < 1.29 is 4.74 Å². The van der Waals surface area contributed by atoms with Gasteiger partial charge < -0.3 is 9.30 Å². The first-order chi connectivity index (χ1) is 11.1. The van der Waals surface area contributed by atoms with Gasteiger partial charge in [0.1, 0.15) is 12.4 Å². The summed E-state index contributed by atoms with van der Waals surface area (Å²) in [4.78, 5) is 4.50. The van der Waals surface area contributed by atoms with Crippen LogP contribution in [0.2, 0.25) is 0 Å². The molecule has 1 aromatic heterocycles. The van der Waals surface area contributed by atoms with Gasteiger partial charge in [0.15, 0.2) is 0 Å². The van der Waals surface area contributed by atoms with Crippen molar-refractivity contribution in [2.45, 2.75) is 40.2 Å². The zero-order valence-electron chi connectivity index (χ0n) is 14.3. The first-order valence-electron chi connectivity index (χ1n) is 8.20. The van der Waals surface area contributed by atoms with Gasteiger partial charge in [-0.25, -0.2) is 4.98 Å². The number of benzene rings is 2. The zero-order chi connectivity index (χ0) is 16.4. The van der Waals surface area contributed by atoms with Gasteiger partial charge in [0.2, 0.25) is 0 Å². The Bertz CT molecular complexity index is 818. The molecule has 0 aliphatic carbocycles. The molecule has 23 heavy (non-hydrogen) atoms. The van der Waals surface area contributed by atoms with Gasteiger partial charge in [-0.05, 0) is 54.7 Å². The lowest BCUT2D eigenvalue weighted by atomic mass is 10.0. The topological polar surface area (TPSA) is 27.1 Å². The van der Waals surface area contributed by atoms with Crippen molar-refractivity contribution in [3.8, 4) is 5.75 Å². The van der Waals surface area contributed by atoms with Gasteiger partial charge in [0.05, 0.1) is 23.9 Å². The van der Waals surface area contributed by atoms with Crippen LogP contribution in [0.15, 0.2) is 42.7 Å². The molecule has 0 saturated heterocycles. The Kier molecular flexibility index (Phi) is 4.37. The Labute approximate surface area is 137 Å². The predicted octanol–water partition coefficient (Wildman–Crippen LogP) is 4.86. The highest BCUT2D eigenvalue weighted by atomic mass is 16.5. The highest BCUT2D eigenvalue weighted by molar-refractivity contribution is 5.77. The Morgan fingerprint density at radius 3 is 2.61 bits per heavy atom. The van der Waals surface area contributed by atoms with E-state index in [0.717, 1.165) is 17.8 Å². The molecule has 0 aliphatic rings. The number of ether oxygens (including phenoxy) is 1. The van der Waals surface area contributed by atoms with Crippen LogP contribution in [0.3, 0.4) is 0 Å². The Morgan fingerprint density at radius 2 is 1.83 bits per heavy atom. The molecule has 3 heteroatoms. The number of fused-ring (bicyclic) bond motifs is 1. The first-order valence-corrected chi connectivity index (χ1v) is 8.20. The molecule has 0 fully saturated rings. The average Bonchev–Trinajstić information content (AvgIpc) is 2.90. The van der Waals surface area contributed by atoms with E-state index in [-0.39, 0.29) is 0 Å². The molecular weight excluding hydrogens is 284 g/mol. The van der Waals surface area contributed by atoms with E-state index in [1.165, 1.54) is 22.2 Å². The number of aromatic nitrogens is 2. The Morgan fingerprint density at radius 1 is 1.09 bits per heavy atom. The van der Waals surface area contributed by atoms with Crippen LogP contribution >= 0.6 is 0 Å². The zero-order valence-corrected chi connectivity index (χ0v) is 14.3. The number of para-hydroxylation sites is 1. The summed E-state index contributed by atoms with van der Waals surface area (Å²) in [5.74, 6) is 1.45. The summed E-state index contributed by atoms with van der Waals surface area (Å²) in [5, 5.41) is 0. The summed E-state index contributed by atoms with van der Waals surface area (Å²) in [5.41, 5.74) is 6.06. The number of nitrogens with zero attached hydrogens (tertiary/aromatic N) is 2. The largest absolute Gasteiger partial charge is 0.491 e. The molecule has 120 valence electrons. The third-order valence-electron chi connectivity index (χ3n) is 4.37. The maximum atomic E-state index is 6.03. The van der Waals surface area contributed by atoms with Gasteiger partial charge in [-0.1, -0.05) is 32.0 Å². The quantitative estimate of drug-likeness (QED) is 0.673. The highest BCUT2D eigenvalue weighted by Gasteiger charge is 2.08. The summed E-state index contributed by atoms with van der Waals surface area (Å²) in [6.45, 7) is 10.1. The lowest BCUT2D eigenvalue weighted by molar-refractivity contribution is 0.296. The summed E-state index contributed by atoms with van der Waals surface area (Å²) < 4.78 is 8.19. The molecule has 0 unspecified atom stereocenters. The normalized spacial score (nSPS) is 11.3. The fourth-order valence-electron chi connectivity index (χ4n) is 2.83. The van der Waals surface area contributed by atoms with Crippen LogP contribution in [0.25, 0.3) is 11.0 Å². The fourth-order valence-corrected chi connectivity index (χ4v) is 2.83. The van der Waals surface area contributed by atoms with E-state index >= 15 is 0 Å². The average molecular weight is 308 g/mol. The summed E-state index contributed by atoms with van der Waals surface area (Å²) >= 11 is 0. The van der Waals surface area contributed by atoms with Crippen LogP contribution in [0.4, 0.5) is 0 Å². The van der Waals surface area contributed by atoms with Crippen LogP contribution in [-0.4, -0.2) is 16.2 Å². The summed E-state index contributed by atoms with van der Waals surface area (Å²) in [6.07, 6.45) is 1.90. The monoisotopic (exact) mass is 308 g/mol. The molecule has 1 heterocycles. The third-order valence-corrected chi connectivity index (χ3v) is 4.37.